The van der Waals surface area contributed by atoms with Crippen LogP contribution < -0.4 is 5.73 Å². The van der Waals surface area contributed by atoms with Gasteiger partial charge in [-0.3, -0.25) is 0 Å². The van der Waals surface area contributed by atoms with Crippen molar-refractivity contribution in [2.24, 2.45) is 23.0 Å². The highest BCUT2D eigenvalue weighted by molar-refractivity contribution is 4.99. The molecule has 0 aliphatic heterocycles. The summed E-state index contributed by atoms with van der Waals surface area (Å²) < 4.78 is 0. The molecule has 0 spiro atoms. The van der Waals surface area contributed by atoms with Crippen LogP contribution in [0.1, 0.15) is 46.5 Å². The third-order valence-corrected chi connectivity index (χ3v) is 4.54. The quantitative estimate of drug-likeness (QED) is 0.729. The van der Waals surface area contributed by atoms with Crippen LogP contribution >= 0.6 is 0 Å². The van der Waals surface area contributed by atoms with Gasteiger partial charge in [0.05, 0.1) is 6.10 Å². The van der Waals surface area contributed by atoms with Gasteiger partial charge in [0, 0.05) is 5.92 Å². The minimum absolute atomic E-state index is 0.162. The van der Waals surface area contributed by atoms with Crippen molar-refractivity contribution in [2.75, 3.05) is 6.54 Å². The van der Waals surface area contributed by atoms with E-state index in [2.05, 4.69) is 20.8 Å². The Morgan fingerprint density at radius 3 is 2.14 bits per heavy atom. The molecule has 3 N–H and O–H groups in total. The number of hydrogen-bond donors (Lipinski definition) is 2. The van der Waals surface area contributed by atoms with Crippen molar-refractivity contribution >= 4 is 0 Å². The predicted octanol–water partition coefficient (Wildman–Crippen LogP) is 2.16. The molecule has 1 aliphatic carbocycles. The van der Waals surface area contributed by atoms with E-state index in [0.29, 0.717) is 23.8 Å². The Morgan fingerprint density at radius 2 is 1.86 bits per heavy atom. The Kier molecular flexibility index (Phi) is 3.96. The summed E-state index contributed by atoms with van der Waals surface area (Å²) in [5, 5.41) is 10.2. The molecule has 2 heteroatoms. The molecule has 0 saturated heterocycles. The molecule has 0 aromatic carbocycles. The lowest BCUT2D eigenvalue weighted by Gasteiger charge is -2.33. The first-order valence-electron chi connectivity index (χ1n) is 6.03. The van der Waals surface area contributed by atoms with E-state index >= 15 is 0 Å². The summed E-state index contributed by atoms with van der Waals surface area (Å²) in [5.74, 6) is 0.797. The molecule has 1 rings (SSSR count). The van der Waals surface area contributed by atoms with Crippen molar-refractivity contribution in [3.05, 3.63) is 0 Å². The van der Waals surface area contributed by atoms with Gasteiger partial charge in [0.2, 0.25) is 0 Å². The molecule has 0 aromatic heterocycles. The molecule has 84 valence electrons. The molecular weight excluding hydrogens is 174 g/mol. The Balaban J connectivity index is 2.86. The number of nitrogens with two attached hydrogens (primary N) is 1. The van der Waals surface area contributed by atoms with E-state index < -0.39 is 0 Å². The van der Waals surface area contributed by atoms with Crippen LogP contribution in [0.25, 0.3) is 0 Å². The topological polar surface area (TPSA) is 46.2 Å². The van der Waals surface area contributed by atoms with E-state index in [1.54, 1.807) is 0 Å². The predicted molar refractivity (Wildman–Crippen MR) is 60.0 cm³/mol. The number of hydrogen-bond acceptors (Lipinski definition) is 2. The fraction of sp³-hybridized carbons (Fsp3) is 1.00. The molecule has 3 atom stereocenters. The fourth-order valence-corrected chi connectivity index (χ4v) is 3.32. The molecule has 1 aliphatic rings. The molecule has 14 heavy (non-hydrogen) atoms. The molecule has 1 fully saturated rings. The minimum atomic E-state index is -0.162. The van der Waals surface area contributed by atoms with Crippen molar-refractivity contribution in [2.45, 2.75) is 52.6 Å². The molecule has 2 nitrogen and oxygen atoms in total. The zero-order chi connectivity index (χ0) is 10.8. The molecular formula is C12H25NO. The van der Waals surface area contributed by atoms with Gasteiger partial charge in [-0.2, -0.15) is 0 Å². The number of aliphatic hydroxyl groups excluding tert-OH is 1. The van der Waals surface area contributed by atoms with E-state index in [9.17, 15) is 5.11 Å². The first-order valence-corrected chi connectivity index (χ1v) is 6.03. The summed E-state index contributed by atoms with van der Waals surface area (Å²) in [6.45, 7) is 7.27. The Labute approximate surface area is 87.9 Å². The average molecular weight is 199 g/mol. The van der Waals surface area contributed by atoms with Crippen LogP contribution in [0, 0.1) is 17.3 Å². The molecule has 0 aromatic rings. The number of rotatable bonds is 4. The summed E-state index contributed by atoms with van der Waals surface area (Å²) in [7, 11) is 0. The van der Waals surface area contributed by atoms with Gasteiger partial charge in [-0.1, -0.05) is 40.0 Å². The lowest BCUT2D eigenvalue weighted by Crippen LogP contribution is -2.36. The van der Waals surface area contributed by atoms with E-state index in [1.165, 1.54) is 6.42 Å². The summed E-state index contributed by atoms with van der Waals surface area (Å²) in [6, 6.07) is 0. The maximum absolute atomic E-state index is 10.2. The molecule has 0 radical (unpaired) electrons. The van der Waals surface area contributed by atoms with E-state index in [1.807, 2.05) is 0 Å². The van der Waals surface area contributed by atoms with Crippen molar-refractivity contribution < 1.29 is 5.11 Å². The zero-order valence-electron chi connectivity index (χ0n) is 9.79. The zero-order valence-corrected chi connectivity index (χ0v) is 9.79. The van der Waals surface area contributed by atoms with Gasteiger partial charge in [-0.25, -0.2) is 0 Å². The van der Waals surface area contributed by atoms with Gasteiger partial charge in [0.1, 0.15) is 0 Å². The standard InChI is InChI=1S/C12H25NO/c1-4-9-7-12(5-2,6-3)10(8-13)11(9)14/h9-11,14H,4-8,13H2,1-3H3. The van der Waals surface area contributed by atoms with Crippen LogP contribution in [0.2, 0.25) is 0 Å². The average Bonchev–Trinajstić information content (AvgIpc) is 2.51. The lowest BCUT2D eigenvalue weighted by molar-refractivity contribution is 0.0603. The van der Waals surface area contributed by atoms with E-state index in [4.69, 9.17) is 5.73 Å². The van der Waals surface area contributed by atoms with Crippen molar-refractivity contribution in [1.29, 1.82) is 0 Å². The Hall–Kier alpha value is -0.0800. The van der Waals surface area contributed by atoms with Crippen LogP contribution in [0.15, 0.2) is 0 Å². The first kappa shape index (κ1) is 12.0. The molecule has 1 saturated carbocycles. The summed E-state index contributed by atoms with van der Waals surface area (Å²) in [6.07, 6.45) is 4.39. The van der Waals surface area contributed by atoms with Crippen molar-refractivity contribution in [3.63, 3.8) is 0 Å². The highest BCUT2D eigenvalue weighted by Gasteiger charge is 2.49. The summed E-state index contributed by atoms with van der Waals surface area (Å²) in [4.78, 5) is 0. The van der Waals surface area contributed by atoms with Gasteiger partial charge in [-0.15, -0.1) is 0 Å². The third-order valence-electron chi connectivity index (χ3n) is 4.54. The van der Waals surface area contributed by atoms with Crippen LogP contribution in [0.4, 0.5) is 0 Å². The molecule has 0 bridgehead atoms. The maximum atomic E-state index is 10.2. The minimum Gasteiger partial charge on any atom is -0.392 e. The van der Waals surface area contributed by atoms with Gasteiger partial charge < -0.3 is 10.8 Å². The second-order valence-electron chi connectivity index (χ2n) is 4.77. The van der Waals surface area contributed by atoms with Gasteiger partial charge in [0.15, 0.2) is 0 Å². The van der Waals surface area contributed by atoms with Crippen LogP contribution in [0.3, 0.4) is 0 Å². The van der Waals surface area contributed by atoms with Crippen LogP contribution in [-0.4, -0.2) is 17.8 Å². The van der Waals surface area contributed by atoms with Crippen molar-refractivity contribution in [1.82, 2.24) is 0 Å². The smallest absolute Gasteiger partial charge is 0.0614 e. The van der Waals surface area contributed by atoms with Gasteiger partial charge in [-0.05, 0) is 24.3 Å². The summed E-state index contributed by atoms with van der Waals surface area (Å²) >= 11 is 0. The maximum Gasteiger partial charge on any atom is 0.0614 e. The second kappa shape index (κ2) is 4.63. The van der Waals surface area contributed by atoms with Crippen LogP contribution in [-0.2, 0) is 0 Å². The monoisotopic (exact) mass is 199 g/mol. The molecule has 0 amide bonds. The highest BCUT2D eigenvalue weighted by atomic mass is 16.3. The third kappa shape index (κ3) is 1.70. The Morgan fingerprint density at radius 1 is 1.29 bits per heavy atom. The molecule has 0 heterocycles. The number of aliphatic hydroxyl groups is 1. The van der Waals surface area contributed by atoms with E-state index in [-0.39, 0.29) is 6.10 Å². The Bertz CT molecular complexity index is 177. The SMILES string of the molecule is CCC1CC(CC)(CC)C(CN)C1O. The van der Waals surface area contributed by atoms with E-state index in [0.717, 1.165) is 19.3 Å². The second-order valence-corrected chi connectivity index (χ2v) is 4.77. The fourth-order valence-electron chi connectivity index (χ4n) is 3.32. The van der Waals surface area contributed by atoms with Gasteiger partial charge in [0.25, 0.3) is 0 Å². The van der Waals surface area contributed by atoms with Crippen LogP contribution in [0.5, 0.6) is 0 Å². The normalized spacial score (nSPS) is 36.2. The summed E-state index contributed by atoms with van der Waals surface area (Å²) in [5.41, 5.74) is 6.12. The van der Waals surface area contributed by atoms with Gasteiger partial charge >= 0.3 is 0 Å². The lowest BCUT2D eigenvalue weighted by atomic mass is 9.73. The first-order chi connectivity index (χ1) is 6.65. The van der Waals surface area contributed by atoms with Crippen molar-refractivity contribution in [3.8, 4) is 0 Å². The largest absolute Gasteiger partial charge is 0.392 e. The highest BCUT2D eigenvalue weighted by Crippen LogP contribution is 2.51. The molecule has 3 unspecified atom stereocenters.